The van der Waals surface area contributed by atoms with Gasteiger partial charge in [-0.1, -0.05) is 23.7 Å². The fourth-order valence-electron chi connectivity index (χ4n) is 3.70. The van der Waals surface area contributed by atoms with E-state index in [0.717, 1.165) is 34.7 Å². The van der Waals surface area contributed by atoms with Gasteiger partial charge in [0.2, 0.25) is 0 Å². The molecule has 3 N–H and O–H groups in total. The minimum Gasteiger partial charge on any atom is -0.354 e. The highest BCUT2D eigenvalue weighted by atomic mass is 35.5. The molecule has 2 amide bonds. The maximum atomic E-state index is 12.5. The molecule has 164 valence electrons. The Morgan fingerprint density at radius 2 is 1.69 bits per heavy atom. The molecule has 2 aromatic carbocycles. The van der Waals surface area contributed by atoms with Crippen molar-refractivity contribution in [1.29, 1.82) is 0 Å². The Morgan fingerprint density at radius 1 is 1.00 bits per heavy atom. The second-order valence-electron chi connectivity index (χ2n) is 7.60. The lowest BCUT2D eigenvalue weighted by Crippen LogP contribution is -2.42. The maximum absolute atomic E-state index is 12.5. The second kappa shape index (κ2) is 9.63. The number of carbonyl (C=O) groups excluding carboxylic acids is 3. The van der Waals surface area contributed by atoms with E-state index in [0.29, 0.717) is 33.8 Å². The van der Waals surface area contributed by atoms with Crippen molar-refractivity contribution in [2.45, 2.75) is 36.8 Å². The normalized spacial score (nSPS) is 12.9. The van der Waals surface area contributed by atoms with Crippen LogP contribution in [0, 0.1) is 6.92 Å². The molecule has 1 aliphatic carbocycles. The minimum absolute atomic E-state index is 0.0531. The molecule has 0 aliphatic heterocycles. The van der Waals surface area contributed by atoms with E-state index in [1.807, 2.05) is 36.4 Å². The number of nitrogens with one attached hydrogen (secondary N) is 3. The zero-order chi connectivity index (χ0) is 22.7. The number of fused-ring (bicyclic) bond motifs is 1. The van der Waals surface area contributed by atoms with Crippen molar-refractivity contribution in [3.05, 3.63) is 87.2 Å². The minimum atomic E-state index is -0.478. The predicted octanol–water partition coefficient (Wildman–Crippen LogP) is 4.86. The molecule has 0 spiro atoms. The van der Waals surface area contributed by atoms with E-state index in [1.165, 1.54) is 0 Å². The summed E-state index contributed by atoms with van der Waals surface area (Å²) in [5, 5.41) is 0.705. The molecule has 32 heavy (non-hydrogen) atoms. The van der Waals surface area contributed by atoms with Crippen LogP contribution in [0.1, 0.15) is 60.9 Å². The van der Waals surface area contributed by atoms with E-state index in [4.69, 9.17) is 11.6 Å². The SMILES string of the molecule is Cc1c(C(=O)NNC(=O)c2ccc(CSc3ccc(Cl)cc3)cc2)[nH]c2c1C(=O)CCC2. The molecule has 6 nitrogen and oxygen atoms in total. The molecule has 3 aromatic rings. The van der Waals surface area contributed by atoms with Gasteiger partial charge in [0.25, 0.3) is 11.8 Å². The number of carbonyl (C=O) groups is 3. The lowest BCUT2D eigenvalue weighted by atomic mass is 9.94. The van der Waals surface area contributed by atoms with Gasteiger partial charge in [0, 0.05) is 38.9 Å². The van der Waals surface area contributed by atoms with Gasteiger partial charge in [-0.25, -0.2) is 0 Å². The number of aromatic nitrogens is 1. The molecule has 0 saturated carbocycles. The predicted molar refractivity (Wildman–Crippen MR) is 125 cm³/mol. The number of hydrogen-bond acceptors (Lipinski definition) is 4. The maximum Gasteiger partial charge on any atom is 0.286 e. The number of Topliss-reactive ketones (excluding diaryl/α,β-unsaturated/α-hetero) is 1. The highest BCUT2D eigenvalue weighted by Gasteiger charge is 2.26. The molecule has 0 saturated heterocycles. The molecule has 8 heteroatoms. The van der Waals surface area contributed by atoms with Crippen LogP contribution in [0.3, 0.4) is 0 Å². The molecular weight excluding hydrogens is 446 g/mol. The number of ketones is 1. The van der Waals surface area contributed by atoms with Gasteiger partial charge in [-0.2, -0.15) is 0 Å². The first-order chi connectivity index (χ1) is 15.4. The third-order valence-electron chi connectivity index (χ3n) is 5.39. The number of aromatic amines is 1. The van der Waals surface area contributed by atoms with E-state index >= 15 is 0 Å². The molecule has 0 atom stereocenters. The summed E-state index contributed by atoms with van der Waals surface area (Å²) in [6, 6.07) is 14.8. The van der Waals surface area contributed by atoms with E-state index in [9.17, 15) is 14.4 Å². The number of benzene rings is 2. The molecule has 0 unspecified atom stereocenters. The van der Waals surface area contributed by atoms with Crippen molar-refractivity contribution in [2.75, 3.05) is 0 Å². The van der Waals surface area contributed by atoms with Crippen LogP contribution >= 0.6 is 23.4 Å². The number of aryl methyl sites for hydroxylation is 1. The number of halogens is 1. The summed E-state index contributed by atoms with van der Waals surface area (Å²) >= 11 is 7.58. The van der Waals surface area contributed by atoms with Crippen molar-refractivity contribution in [2.24, 2.45) is 0 Å². The Morgan fingerprint density at radius 3 is 2.38 bits per heavy atom. The topological polar surface area (TPSA) is 91.1 Å². The molecule has 4 rings (SSSR count). The van der Waals surface area contributed by atoms with Crippen molar-refractivity contribution >= 4 is 41.0 Å². The van der Waals surface area contributed by atoms with Gasteiger partial charge in [0.1, 0.15) is 5.69 Å². The van der Waals surface area contributed by atoms with Crippen LogP contribution in [0.15, 0.2) is 53.4 Å². The Balaban J connectivity index is 1.32. The van der Waals surface area contributed by atoms with Crippen molar-refractivity contribution in [1.82, 2.24) is 15.8 Å². The van der Waals surface area contributed by atoms with Crippen LogP contribution < -0.4 is 10.9 Å². The van der Waals surface area contributed by atoms with Gasteiger partial charge in [-0.05, 0) is 67.3 Å². The first-order valence-electron chi connectivity index (χ1n) is 10.2. The lowest BCUT2D eigenvalue weighted by molar-refractivity contribution is 0.0844. The Hall–Kier alpha value is -3.03. The standard InChI is InChI=1S/C24H22ClN3O3S/c1-14-21-19(3-2-4-20(21)29)26-22(14)24(31)28-27-23(30)16-7-5-15(6-8-16)13-32-18-11-9-17(25)10-12-18/h5-12,26H,2-4,13H2,1H3,(H,27,30)(H,28,31). The number of thioether (sulfide) groups is 1. The molecule has 1 heterocycles. The molecule has 1 aromatic heterocycles. The lowest BCUT2D eigenvalue weighted by Gasteiger charge is -2.09. The summed E-state index contributed by atoms with van der Waals surface area (Å²) in [4.78, 5) is 41.3. The summed E-state index contributed by atoms with van der Waals surface area (Å²) in [5.74, 6) is -0.0813. The summed E-state index contributed by atoms with van der Waals surface area (Å²) < 4.78 is 0. The zero-order valence-corrected chi connectivity index (χ0v) is 19.0. The molecule has 1 aliphatic rings. The third-order valence-corrected chi connectivity index (χ3v) is 6.72. The molecule has 0 fully saturated rings. The summed E-state index contributed by atoms with van der Waals surface area (Å²) in [6.45, 7) is 1.75. The van der Waals surface area contributed by atoms with Crippen LogP contribution in [0.25, 0.3) is 0 Å². The van der Waals surface area contributed by atoms with Crippen LogP contribution in [0.4, 0.5) is 0 Å². The monoisotopic (exact) mass is 467 g/mol. The smallest absolute Gasteiger partial charge is 0.286 e. The molecule has 0 radical (unpaired) electrons. The highest BCUT2D eigenvalue weighted by Crippen LogP contribution is 2.26. The fraction of sp³-hybridized carbons (Fsp3) is 0.208. The first-order valence-corrected chi connectivity index (χ1v) is 11.6. The van der Waals surface area contributed by atoms with Crippen LogP contribution in [0.5, 0.6) is 0 Å². The quantitative estimate of drug-likeness (QED) is 0.369. The van der Waals surface area contributed by atoms with Gasteiger partial charge in [0.15, 0.2) is 5.78 Å². The number of amides is 2. The summed E-state index contributed by atoms with van der Waals surface area (Å²) in [7, 11) is 0. The van der Waals surface area contributed by atoms with E-state index in [2.05, 4.69) is 15.8 Å². The van der Waals surface area contributed by atoms with Crippen LogP contribution in [-0.4, -0.2) is 22.6 Å². The highest BCUT2D eigenvalue weighted by molar-refractivity contribution is 7.98. The van der Waals surface area contributed by atoms with Gasteiger partial charge >= 0.3 is 0 Å². The first kappa shape index (κ1) is 22.2. The Kier molecular flexibility index (Phi) is 6.67. The zero-order valence-electron chi connectivity index (χ0n) is 17.5. The van der Waals surface area contributed by atoms with Crippen LogP contribution in [0.2, 0.25) is 5.02 Å². The molecular formula is C24H22ClN3O3S. The van der Waals surface area contributed by atoms with Gasteiger partial charge < -0.3 is 4.98 Å². The van der Waals surface area contributed by atoms with E-state index < -0.39 is 11.8 Å². The average Bonchev–Trinajstić information content (AvgIpc) is 3.15. The van der Waals surface area contributed by atoms with Crippen molar-refractivity contribution in [3.8, 4) is 0 Å². The number of hydrogen-bond donors (Lipinski definition) is 3. The number of hydrazine groups is 1. The summed E-state index contributed by atoms with van der Waals surface area (Å²) in [5.41, 5.74) is 8.71. The Labute approximate surface area is 195 Å². The van der Waals surface area contributed by atoms with Crippen molar-refractivity contribution in [3.63, 3.8) is 0 Å². The molecule has 0 bridgehead atoms. The van der Waals surface area contributed by atoms with Gasteiger partial charge in [-0.15, -0.1) is 11.8 Å². The van der Waals surface area contributed by atoms with Crippen LogP contribution in [-0.2, 0) is 12.2 Å². The van der Waals surface area contributed by atoms with Gasteiger partial charge in [-0.3, -0.25) is 25.2 Å². The third kappa shape index (κ3) is 4.89. The average molecular weight is 468 g/mol. The van der Waals surface area contributed by atoms with E-state index in [1.54, 1.807) is 30.8 Å². The number of rotatable bonds is 5. The summed E-state index contributed by atoms with van der Waals surface area (Å²) in [6.07, 6.45) is 2.01. The van der Waals surface area contributed by atoms with Crippen molar-refractivity contribution < 1.29 is 14.4 Å². The fourth-order valence-corrected chi connectivity index (χ4v) is 4.68. The Bertz CT molecular complexity index is 1170. The van der Waals surface area contributed by atoms with E-state index in [-0.39, 0.29) is 5.78 Å². The van der Waals surface area contributed by atoms with Gasteiger partial charge in [0.05, 0.1) is 0 Å². The largest absolute Gasteiger partial charge is 0.354 e. The second-order valence-corrected chi connectivity index (χ2v) is 9.09. The number of H-pyrrole nitrogens is 1.